The average molecular weight is 558 g/mol. The molecule has 2 N–H and O–H groups in total. The van der Waals surface area contributed by atoms with E-state index in [1.54, 1.807) is 0 Å². The fourth-order valence-corrected chi connectivity index (χ4v) is 5.84. The van der Waals surface area contributed by atoms with Crippen LogP contribution in [0.2, 0.25) is 0 Å². The predicted molar refractivity (Wildman–Crippen MR) is 142 cm³/mol. The Morgan fingerprint density at radius 3 is 2.41 bits per heavy atom. The number of piperidine rings is 1. The van der Waals surface area contributed by atoms with Crippen molar-refractivity contribution in [1.29, 1.82) is 0 Å². The molecule has 1 aliphatic carbocycles. The van der Waals surface area contributed by atoms with Crippen LogP contribution in [0.4, 0.5) is 0 Å². The van der Waals surface area contributed by atoms with Crippen molar-refractivity contribution in [2.45, 2.75) is 102 Å². The highest BCUT2D eigenvalue weighted by atomic mass is 127. The maximum Gasteiger partial charge on any atom is 0.191 e. The molecule has 1 aromatic rings. The van der Waals surface area contributed by atoms with E-state index in [4.69, 9.17) is 0 Å². The van der Waals surface area contributed by atoms with Crippen LogP contribution in [0.25, 0.3) is 0 Å². The number of fused-ring (bicyclic) bond motifs is 1. The third kappa shape index (κ3) is 6.58. The Morgan fingerprint density at radius 2 is 1.62 bits per heavy atom. The summed E-state index contributed by atoms with van der Waals surface area (Å²) in [7, 11) is 1.89. The van der Waals surface area contributed by atoms with Crippen LogP contribution < -0.4 is 10.6 Å². The highest BCUT2D eigenvalue weighted by Crippen LogP contribution is 2.35. The molecule has 0 atom stereocenters. The second-order valence-corrected chi connectivity index (χ2v) is 9.78. The Morgan fingerprint density at radius 1 is 0.906 bits per heavy atom. The van der Waals surface area contributed by atoms with E-state index in [0.29, 0.717) is 5.54 Å². The van der Waals surface area contributed by atoms with Gasteiger partial charge in [-0.25, -0.2) is 0 Å². The summed E-state index contributed by atoms with van der Waals surface area (Å²) in [6.45, 7) is 5.57. The van der Waals surface area contributed by atoms with Crippen molar-refractivity contribution < 1.29 is 0 Å². The van der Waals surface area contributed by atoms with E-state index in [0.717, 1.165) is 50.7 Å². The van der Waals surface area contributed by atoms with Crippen LogP contribution in [0.1, 0.15) is 88.7 Å². The number of aromatic nitrogens is 3. The Kier molecular flexibility index (Phi) is 10.5. The number of hydrogen-bond donors (Lipinski definition) is 2. The number of nitrogens with zero attached hydrogens (tertiary/aromatic N) is 5. The second-order valence-electron chi connectivity index (χ2n) is 9.78. The number of likely N-dealkylation sites (tertiary alicyclic amines) is 1. The van der Waals surface area contributed by atoms with Gasteiger partial charge in [-0.15, -0.1) is 34.2 Å². The Hall–Kier alpha value is -0.900. The van der Waals surface area contributed by atoms with Crippen molar-refractivity contribution in [3.8, 4) is 0 Å². The number of hydrogen-bond acceptors (Lipinski definition) is 4. The van der Waals surface area contributed by atoms with Gasteiger partial charge in [-0.1, -0.05) is 32.1 Å². The minimum absolute atomic E-state index is 0. The number of aryl methyl sites for hydroxylation is 2. The van der Waals surface area contributed by atoms with Crippen LogP contribution in [0.3, 0.4) is 0 Å². The largest absolute Gasteiger partial charge is 0.356 e. The molecule has 0 spiro atoms. The van der Waals surface area contributed by atoms with Crippen LogP contribution in [-0.4, -0.2) is 64.4 Å². The number of guanidine groups is 1. The van der Waals surface area contributed by atoms with Crippen LogP contribution in [0.5, 0.6) is 0 Å². The van der Waals surface area contributed by atoms with E-state index in [9.17, 15) is 0 Å². The zero-order valence-electron chi connectivity index (χ0n) is 20.1. The fourth-order valence-electron chi connectivity index (χ4n) is 5.84. The minimum Gasteiger partial charge on any atom is -0.356 e. The fraction of sp³-hybridized carbons (Fsp3) is 0.875. The Bertz CT molecular complexity index is 705. The quantitative estimate of drug-likeness (QED) is 0.230. The summed E-state index contributed by atoms with van der Waals surface area (Å²) in [5.74, 6) is 3.29. The zero-order chi connectivity index (χ0) is 21.4. The van der Waals surface area contributed by atoms with Crippen molar-refractivity contribution in [1.82, 2.24) is 30.3 Å². The molecule has 3 heterocycles. The summed E-state index contributed by atoms with van der Waals surface area (Å²) in [4.78, 5) is 7.31. The maximum absolute atomic E-state index is 4.51. The molecule has 3 aliphatic rings. The lowest BCUT2D eigenvalue weighted by Gasteiger charge is -2.48. The van der Waals surface area contributed by atoms with Gasteiger partial charge in [0.25, 0.3) is 0 Å². The molecular weight excluding hydrogens is 513 g/mol. The van der Waals surface area contributed by atoms with Gasteiger partial charge in [0.2, 0.25) is 0 Å². The van der Waals surface area contributed by atoms with Crippen molar-refractivity contribution in [3.05, 3.63) is 11.6 Å². The first kappa shape index (κ1) is 25.7. The highest BCUT2D eigenvalue weighted by molar-refractivity contribution is 14.0. The van der Waals surface area contributed by atoms with Crippen molar-refractivity contribution in [3.63, 3.8) is 0 Å². The first-order valence-electron chi connectivity index (χ1n) is 12.9. The summed E-state index contributed by atoms with van der Waals surface area (Å²) in [5.41, 5.74) is 0.329. The normalized spacial score (nSPS) is 21.8. The average Bonchev–Trinajstić information content (AvgIpc) is 3.05. The first-order chi connectivity index (χ1) is 15.3. The van der Waals surface area contributed by atoms with E-state index in [1.807, 2.05) is 7.05 Å². The van der Waals surface area contributed by atoms with Crippen LogP contribution >= 0.6 is 24.0 Å². The van der Waals surface area contributed by atoms with Gasteiger partial charge < -0.3 is 15.2 Å². The van der Waals surface area contributed by atoms with Gasteiger partial charge in [0, 0.05) is 45.1 Å². The summed E-state index contributed by atoms with van der Waals surface area (Å²) in [6, 6.07) is 0. The standard InChI is InChI=1S/C24H43N7.HI/c1-25-23(26-16-11-13-22-29-28-21-12-5-2-10-19-31(21)22)27-20-24(14-6-3-7-15-24)30-17-8-4-9-18-30;/h2-20H2,1H3,(H2,25,26,27);1H. The van der Waals surface area contributed by atoms with E-state index in [-0.39, 0.29) is 24.0 Å². The molecule has 0 bridgehead atoms. The lowest BCUT2D eigenvalue weighted by Crippen LogP contribution is -2.59. The topological polar surface area (TPSA) is 70.4 Å². The van der Waals surface area contributed by atoms with Gasteiger partial charge in [-0.05, 0) is 58.0 Å². The van der Waals surface area contributed by atoms with E-state index in [1.165, 1.54) is 89.5 Å². The Balaban J connectivity index is 0.00000289. The smallest absolute Gasteiger partial charge is 0.191 e. The SMILES string of the molecule is CN=C(NCCCc1nnc2n1CCCCC2)NCC1(N2CCCCC2)CCCCC1.I. The molecule has 0 unspecified atom stereocenters. The van der Waals surface area contributed by atoms with Crippen molar-refractivity contribution >= 4 is 29.9 Å². The number of aliphatic imine (C=N–C) groups is 1. The first-order valence-corrected chi connectivity index (χ1v) is 12.9. The third-order valence-corrected chi connectivity index (χ3v) is 7.68. The number of rotatable bonds is 7. The van der Waals surface area contributed by atoms with E-state index >= 15 is 0 Å². The lowest BCUT2D eigenvalue weighted by atomic mass is 9.79. The van der Waals surface area contributed by atoms with Gasteiger partial charge in [-0.2, -0.15) is 0 Å². The van der Waals surface area contributed by atoms with Gasteiger partial charge in [0.05, 0.1) is 0 Å². The molecule has 8 heteroatoms. The molecule has 1 aromatic heterocycles. The molecule has 0 amide bonds. The molecule has 182 valence electrons. The minimum atomic E-state index is 0. The van der Waals surface area contributed by atoms with Crippen molar-refractivity contribution in [2.75, 3.05) is 33.2 Å². The summed E-state index contributed by atoms with van der Waals surface area (Å²) in [5, 5.41) is 16.1. The van der Waals surface area contributed by atoms with Crippen molar-refractivity contribution in [2.24, 2.45) is 4.99 Å². The summed E-state index contributed by atoms with van der Waals surface area (Å²) >= 11 is 0. The molecular formula is C24H44IN7. The van der Waals surface area contributed by atoms with E-state index in [2.05, 4.69) is 35.3 Å². The van der Waals surface area contributed by atoms with Gasteiger partial charge >= 0.3 is 0 Å². The van der Waals surface area contributed by atoms with E-state index < -0.39 is 0 Å². The molecule has 7 nitrogen and oxygen atoms in total. The lowest BCUT2D eigenvalue weighted by molar-refractivity contribution is 0.0368. The molecule has 1 saturated carbocycles. The van der Waals surface area contributed by atoms with Crippen LogP contribution in [0, 0.1) is 0 Å². The molecule has 2 aliphatic heterocycles. The molecule has 2 fully saturated rings. The number of nitrogens with one attached hydrogen (secondary N) is 2. The number of halogens is 1. The monoisotopic (exact) mass is 557 g/mol. The third-order valence-electron chi connectivity index (χ3n) is 7.68. The zero-order valence-corrected chi connectivity index (χ0v) is 22.4. The maximum atomic E-state index is 4.51. The summed E-state index contributed by atoms with van der Waals surface area (Å²) < 4.78 is 2.37. The second kappa shape index (κ2) is 13.1. The molecule has 32 heavy (non-hydrogen) atoms. The Labute approximate surface area is 211 Å². The molecule has 1 saturated heterocycles. The van der Waals surface area contributed by atoms with Crippen LogP contribution in [0.15, 0.2) is 4.99 Å². The molecule has 4 rings (SSSR count). The molecule has 0 radical (unpaired) electrons. The highest BCUT2D eigenvalue weighted by Gasteiger charge is 2.38. The summed E-state index contributed by atoms with van der Waals surface area (Å²) in [6.07, 6.45) is 17.8. The predicted octanol–water partition coefficient (Wildman–Crippen LogP) is 3.91. The van der Waals surface area contributed by atoms with Crippen LogP contribution in [-0.2, 0) is 19.4 Å². The molecule has 0 aromatic carbocycles. The van der Waals surface area contributed by atoms with Gasteiger partial charge in [0.15, 0.2) is 5.96 Å². The van der Waals surface area contributed by atoms with Gasteiger partial charge in [0.1, 0.15) is 11.6 Å². The van der Waals surface area contributed by atoms with Gasteiger partial charge in [-0.3, -0.25) is 9.89 Å².